The number of anilines is 1. The van der Waals surface area contributed by atoms with Gasteiger partial charge in [0.15, 0.2) is 0 Å². The number of nitrogens with two attached hydrogens (primary N) is 1. The highest BCUT2D eigenvalue weighted by Crippen LogP contribution is 2.30. The van der Waals surface area contributed by atoms with Crippen LogP contribution in [0, 0.1) is 0 Å². The van der Waals surface area contributed by atoms with Gasteiger partial charge in [-0.05, 0) is 48.9 Å². The number of thioether (sulfide) groups is 1. The van der Waals surface area contributed by atoms with Crippen LogP contribution in [0.5, 0.6) is 5.75 Å². The zero-order valence-electron chi connectivity index (χ0n) is 10.8. The molecule has 0 spiro atoms. The van der Waals surface area contributed by atoms with Gasteiger partial charge in [-0.1, -0.05) is 23.2 Å². The Hall–Kier alpha value is -1.03. The lowest BCUT2D eigenvalue weighted by atomic mass is 10.3. The molecule has 20 heavy (non-hydrogen) atoms. The third-order valence-corrected chi connectivity index (χ3v) is 4.41. The summed E-state index contributed by atoms with van der Waals surface area (Å²) in [7, 11) is 0. The summed E-state index contributed by atoms with van der Waals surface area (Å²) < 4.78 is 5.62. The van der Waals surface area contributed by atoms with Crippen molar-refractivity contribution in [2.75, 3.05) is 18.1 Å². The Morgan fingerprint density at radius 2 is 1.80 bits per heavy atom. The van der Waals surface area contributed by atoms with Crippen molar-refractivity contribution < 1.29 is 4.74 Å². The molecule has 0 heterocycles. The van der Waals surface area contributed by atoms with Gasteiger partial charge in [-0.15, -0.1) is 11.8 Å². The van der Waals surface area contributed by atoms with E-state index < -0.39 is 0 Å². The van der Waals surface area contributed by atoms with Crippen molar-refractivity contribution >= 4 is 40.7 Å². The minimum Gasteiger partial charge on any atom is -0.494 e. The monoisotopic (exact) mass is 327 g/mol. The second-order valence-electron chi connectivity index (χ2n) is 4.19. The molecule has 2 aromatic carbocycles. The molecule has 0 aliphatic heterocycles. The second kappa shape index (κ2) is 7.67. The maximum absolute atomic E-state index is 6.10. The smallest absolute Gasteiger partial charge is 0.119 e. The van der Waals surface area contributed by atoms with E-state index in [4.69, 9.17) is 33.7 Å². The van der Waals surface area contributed by atoms with Gasteiger partial charge in [0.05, 0.1) is 11.6 Å². The fraction of sp³-hybridized carbons (Fsp3) is 0.200. The number of nitrogen functional groups attached to an aromatic ring is 1. The second-order valence-corrected chi connectivity index (χ2v) is 6.17. The van der Waals surface area contributed by atoms with Crippen LogP contribution in [0.25, 0.3) is 0 Å². The SMILES string of the molecule is Nc1ccc(OCCCSc2cc(Cl)ccc2Cl)cc1. The number of ether oxygens (including phenoxy) is 1. The van der Waals surface area contributed by atoms with Crippen LogP contribution >= 0.6 is 35.0 Å². The zero-order chi connectivity index (χ0) is 14.4. The predicted octanol–water partition coefficient (Wildman–Crippen LogP) is 5.14. The van der Waals surface area contributed by atoms with Crippen molar-refractivity contribution in [1.29, 1.82) is 0 Å². The number of halogens is 2. The molecule has 2 rings (SSSR count). The highest BCUT2D eigenvalue weighted by atomic mass is 35.5. The fourth-order valence-corrected chi connectivity index (χ4v) is 3.00. The number of benzene rings is 2. The van der Waals surface area contributed by atoms with Crippen LogP contribution in [-0.4, -0.2) is 12.4 Å². The van der Waals surface area contributed by atoms with Gasteiger partial charge in [-0.3, -0.25) is 0 Å². The Morgan fingerprint density at radius 3 is 2.55 bits per heavy atom. The van der Waals surface area contributed by atoms with E-state index in [1.54, 1.807) is 17.8 Å². The third-order valence-electron chi connectivity index (χ3n) is 2.59. The Morgan fingerprint density at radius 1 is 1.05 bits per heavy atom. The molecule has 0 atom stereocenters. The van der Waals surface area contributed by atoms with E-state index in [2.05, 4.69) is 0 Å². The molecule has 0 saturated heterocycles. The molecule has 0 aromatic heterocycles. The van der Waals surface area contributed by atoms with Crippen LogP contribution < -0.4 is 10.5 Å². The average molecular weight is 328 g/mol. The maximum atomic E-state index is 6.10. The summed E-state index contributed by atoms with van der Waals surface area (Å²) in [6.07, 6.45) is 0.928. The predicted molar refractivity (Wildman–Crippen MR) is 88.2 cm³/mol. The van der Waals surface area contributed by atoms with Gasteiger partial charge in [0.2, 0.25) is 0 Å². The number of hydrogen-bond acceptors (Lipinski definition) is 3. The van der Waals surface area contributed by atoms with Crippen molar-refractivity contribution in [2.45, 2.75) is 11.3 Å². The van der Waals surface area contributed by atoms with Crippen LogP contribution in [0.3, 0.4) is 0 Å². The van der Waals surface area contributed by atoms with Crippen LogP contribution in [-0.2, 0) is 0 Å². The van der Waals surface area contributed by atoms with Crippen molar-refractivity contribution in [3.8, 4) is 5.75 Å². The summed E-state index contributed by atoms with van der Waals surface area (Å²) in [5.41, 5.74) is 6.35. The summed E-state index contributed by atoms with van der Waals surface area (Å²) in [4.78, 5) is 1.01. The minimum absolute atomic E-state index is 0.662. The lowest BCUT2D eigenvalue weighted by Crippen LogP contribution is -1.98. The first kappa shape index (κ1) is 15.4. The molecule has 0 amide bonds. The molecule has 5 heteroatoms. The van der Waals surface area contributed by atoms with E-state index in [1.807, 2.05) is 36.4 Å². The van der Waals surface area contributed by atoms with Gasteiger partial charge in [0.25, 0.3) is 0 Å². The largest absolute Gasteiger partial charge is 0.494 e. The molecule has 0 unspecified atom stereocenters. The zero-order valence-corrected chi connectivity index (χ0v) is 13.1. The summed E-state index contributed by atoms with van der Waals surface area (Å²) in [6.45, 7) is 0.662. The summed E-state index contributed by atoms with van der Waals surface area (Å²) in [5, 5.41) is 1.44. The van der Waals surface area contributed by atoms with Gasteiger partial charge in [0, 0.05) is 21.4 Å². The van der Waals surface area contributed by atoms with Gasteiger partial charge in [-0.2, -0.15) is 0 Å². The lowest BCUT2D eigenvalue weighted by molar-refractivity contribution is 0.319. The molecule has 0 fully saturated rings. The quantitative estimate of drug-likeness (QED) is 0.453. The number of hydrogen-bond donors (Lipinski definition) is 1. The van der Waals surface area contributed by atoms with E-state index in [0.29, 0.717) is 11.6 Å². The molecule has 0 aliphatic rings. The summed E-state index contributed by atoms with van der Waals surface area (Å²) in [6, 6.07) is 12.9. The van der Waals surface area contributed by atoms with Gasteiger partial charge < -0.3 is 10.5 Å². The van der Waals surface area contributed by atoms with E-state index >= 15 is 0 Å². The Labute approximate surface area is 133 Å². The van der Waals surface area contributed by atoms with Crippen LogP contribution in [0.1, 0.15) is 6.42 Å². The normalized spacial score (nSPS) is 10.5. The highest BCUT2D eigenvalue weighted by Gasteiger charge is 2.02. The molecule has 0 bridgehead atoms. The molecular formula is C15H15Cl2NOS. The van der Waals surface area contributed by atoms with Gasteiger partial charge in [-0.25, -0.2) is 0 Å². The van der Waals surface area contributed by atoms with E-state index in [9.17, 15) is 0 Å². The van der Waals surface area contributed by atoms with E-state index in [-0.39, 0.29) is 0 Å². The third kappa shape index (κ3) is 4.82. The Kier molecular flexibility index (Phi) is 5.89. The van der Waals surface area contributed by atoms with Crippen molar-refractivity contribution in [3.05, 3.63) is 52.5 Å². The molecule has 2 nitrogen and oxygen atoms in total. The van der Waals surface area contributed by atoms with Crippen molar-refractivity contribution in [3.63, 3.8) is 0 Å². The van der Waals surface area contributed by atoms with E-state index in [0.717, 1.165) is 33.5 Å². The molecule has 2 aromatic rings. The standard InChI is InChI=1S/C15H15Cl2NOS/c16-11-2-7-14(17)15(10-11)20-9-1-8-19-13-5-3-12(18)4-6-13/h2-7,10H,1,8-9,18H2. The molecule has 0 aliphatic carbocycles. The summed E-state index contributed by atoms with van der Waals surface area (Å²) >= 11 is 13.7. The minimum atomic E-state index is 0.662. The maximum Gasteiger partial charge on any atom is 0.119 e. The molecule has 0 radical (unpaired) electrons. The van der Waals surface area contributed by atoms with Gasteiger partial charge in [0.1, 0.15) is 5.75 Å². The van der Waals surface area contributed by atoms with Crippen molar-refractivity contribution in [1.82, 2.24) is 0 Å². The van der Waals surface area contributed by atoms with Crippen LogP contribution in [0.15, 0.2) is 47.4 Å². The molecule has 2 N–H and O–H groups in total. The molecule has 106 valence electrons. The Balaban J connectivity index is 1.71. The Bertz CT molecular complexity index is 560. The van der Waals surface area contributed by atoms with Crippen LogP contribution in [0.4, 0.5) is 5.69 Å². The topological polar surface area (TPSA) is 35.2 Å². The molecular weight excluding hydrogens is 313 g/mol. The first-order valence-corrected chi connectivity index (χ1v) is 7.95. The van der Waals surface area contributed by atoms with Crippen LogP contribution in [0.2, 0.25) is 10.0 Å². The van der Waals surface area contributed by atoms with Gasteiger partial charge >= 0.3 is 0 Å². The average Bonchev–Trinajstić information content (AvgIpc) is 2.44. The number of rotatable bonds is 6. The fourth-order valence-electron chi connectivity index (χ4n) is 1.58. The summed E-state index contributed by atoms with van der Waals surface area (Å²) in [5.74, 6) is 1.76. The first-order valence-electron chi connectivity index (χ1n) is 6.21. The molecule has 0 saturated carbocycles. The lowest BCUT2D eigenvalue weighted by Gasteiger charge is -2.07. The first-order chi connectivity index (χ1) is 9.65. The van der Waals surface area contributed by atoms with E-state index in [1.165, 1.54) is 0 Å². The van der Waals surface area contributed by atoms with Crippen molar-refractivity contribution in [2.24, 2.45) is 0 Å². The highest BCUT2D eigenvalue weighted by molar-refractivity contribution is 7.99.